The second kappa shape index (κ2) is 9.51. The number of amides is 2. The molecule has 1 aliphatic carbocycles. The molecule has 1 saturated carbocycles. The molecule has 2 aromatic carbocycles. The third-order valence-corrected chi connectivity index (χ3v) is 7.26. The molecule has 11 heteroatoms. The molecule has 0 atom stereocenters. The van der Waals surface area contributed by atoms with Crippen molar-refractivity contribution in [3.05, 3.63) is 101 Å². The van der Waals surface area contributed by atoms with Gasteiger partial charge < -0.3 is 20.0 Å². The van der Waals surface area contributed by atoms with Crippen molar-refractivity contribution in [3.63, 3.8) is 0 Å². The lowest BCUT2D eigenvalue weighted by molar-refractivity contribution is -0.137. The first kappa shape index (κ1) is 25.6. The van der Waals surface area contributed by atoms with Crippen molar-refractivity contribution in [2.45, 2.75) is 44.4 Å². The summed E-state index contributed by atoms with van der Waals surface area (Å²) < 4.78 is 44.7. The van der Waals surface area contributed by atoms with Gasteiger partial charge in [-0.15, -0.1) is 0 Å². The number of alkyl halides is 3. The summed E-state index contributed by atoms with van der Waals surface area (Å²) in [4.78, 5) is 37.4. The second-order valence-electron chi connectivity index (χ2n) is 10.0. The molecule has 8 nitrogen and oxygen atoms in total. The summed E-state index contributed by atoms with van der Waals surface area (Å²) in [7, 11) is 0. The van der Waals surface area contributed by atoms with Gasteiger partial charge in [0.05, 0.1) is 36.0 Å². The van der Waals surface area contributed by atoms with Crippen molar-refractivity contribution in [3.8, 4) is 0 Å². The molecule has 1 aliphatic heterocycles. The van der Waals surface area contributed by atoms with Gasteiger partial charge in [-0.2, -0.15) is 13.2 Å². The number of halogens is 3. The number of carbonyl (C=O) groups excluding carboxylic acids is 2. The molecule has 1 spiro atoms. The Morgan fingerprint density at radius 3 is 2.67 bits per heavy atom. The highest BCUT2D eigenvalue weighted by molar-refractivity contribution is 6.07. The number of nitrogens with one attached hydrogen (secondary N) is 2. The van der Waals surface area contributed by atoms with Crippen molar-refractivity contribution in [1.82, 2.24) is 9.97 Å². The molecule has 0 saturated heterocycles. The van der Waals surface area contributed by atoms with Crippen LogP contribution in [0, 0.1) is 6.92 Å². The quantitative estimate of drug-likeness (QED) is 0.315. The maximum Gasteiger partial charge on any atom is 0.416 e. The van der Waals surface area contributed by atoms with Crippen LogP contribution in [-0.4, -0.2) is 21.8 Å². The Morgan fingerprint density at radius 2 is 1.95 bits per heavy atom. The molecule has 2 aliphatic rings. The first-order valence-electron chi connectivity index (χ1n) is 12.7. The number of carbonyl (C=O) groups is 2. The maximum absolute atomic E-state index is 13.8. The van der Waals surface area contributed by atoms with Crippen molar-refractivity contribution in [2.75, 3.05) is 15.5 Å². The smallest absolute Gasteiger partial charge is 0.416 e. The van der Waals surface area contributed by atoms with Crippen LogP contribution in [0.2, 0.25) is 0 Å². The predicted octanol–water partition coefficient (Wildman–Crippen LogP) is 5.84. The Bertz CT molecular complexity index is 1610. The summed E-state index contributed by atoms with van der Waals surface area (Å²) in [6.45, 7) is 2.52. The lowest BCUT2D eigenvalue weighted by Crippen LogP contribution is -2.45. The minimum absolute atomic E-state index is 0.0832. The summed E-state index contributed by atoms with van der Waals surface area (Å²) in [5.74, 6) is 0.386. The van der Waals surface area contributed by atoms with Crippen LogP contribution in [0.3, 0.4) is 0 Å². The van der Waals surface area contributed by atoms with Gasteiger partial charge in [0.25, 0.3) is 5.91 Å². The number of fused-ring (bicyclic) bond motifs is 2. The zero-order valence-electron chi connectivity index (χ0n) is 21.4. The number of aryl methyl sites for hydroxylation is 1. The zero-order chi connectivity index (χ0) is 28.1. The van der Waals surface area contributed by atoms with Crippen LogP contribution in [0.15, 0.2) is 71.5 Å². The van der Waals surface area contributed by atoms with E-state index in [2.05, 4.69) is 15.6 Å². The highest BCUT2D eigenvalue weighted by Gasteiger charge is 2.58. The lowest BCUT2D eigenvalue weighted by Gasteiger charge is -2.34. The molecule has 40 heavy (non-hydrogen) atoms. The van der Waals surface area contributed by atoms with Gasteiger partial charge in [-0.1, -0.05) is 12.1 Å². The van der Waals surface area contributed by atoms with E-state index in [9.17, 15) is 22.8 Å². The first-order valence-corrected chi connectivity index (χ1v) is 12.7. The van der Waals surface area contributed by atoms with E-state index in [1.54, 1.807) is 41.6 Å². The summed E-state index contributed by atoms with van der Waals surface area (Å²) in [6, 6.07) is 13.0. The molecular weight excluding hydrogens is 523 g/mol. The fourth-order valence-corrected chi connectivity index (χ4v) is 4.99. The van der Waals surface area contributed by atoms with Crippen LogP contribution in [0.1, 0.15) is 51.3 Å². The number of anilines is 3. The highest BCUT2D eigenvalue weighted by Crippen LogP contribution is 2.53. The minimum Gasteiger partial charge on any atom is -0.467 e. The largest absolute Gasteiger partial charge is 0.467 e. The molecule has 6 rings (SSSR count). The molecule has 2 amide bonds. The van der Waals surface area contributed by atoms with E-state index < -0.39 is 23.1 Å². The van der Waals surface area contributed by atoms with Gasteiger partial charge >= 0.3 is 6.18 Å². The zero-order valence-corrected chi connectivity index (χ0v) is 21.4. The van der Waals surface area contributed by atoms with Crippen LogP contribution in [-0.2, 0) is 29.5 Å². The number of hydrogen-bond acceptors (Lipinski definition) is 6. The number of hydrogen-bond donors (Lipinski definition) is 2. The molecule has 0 radical (unpaired) electrons. The monoisotopic (exact) mass is 547 g/mol. The molecule has 4 aromatic rings. The highest BCUT2D eigenvalue weighted by atomic mass is 19.4. The van der Waals surface area contributed by atoms with Gasteiger partial charge in [0.1, 0.15) is 5.76 Å². The Kier molecular flexibility index (Phi) is 6.09. The summed E-state index contributed by atoms with van der Waals surface area (Å²) in [6.07, 6.45) is 0.0762. The van der Waals surface area contributed by atoms with Crippen molar-refractivity contribution in [2.24, 2.45) is 0 Å². The van der Waals surface area contributed by atoms with E-state index in [0.29, 0.717) is 36.7 Å². The van der Waals surface area contributed by atoms with E-state index in [1.807, 2.05) is 13.0 Å². The molecule has 2 aromatic heterocycles. The van der Waals surface area contributed by atoms with Crippen LogP contribution in [0.4, 0.5) is 30.5 Å². The van der Waals surface area contributed by atoms with Crippen LogP contribution in [0.25, 0.3) is 0 Å². The van der Waals surface area contributed by atoms with Crippen molar-refractivity contribution >= 4 is 29.1 Å². The van der Waals surface area contributed by atoms with E-state index in [-0.39, 0.29) is 18.0 Å². The molecule has 2 N–H and O–H groups in total. The Hall–Kier alpha value is -4.67. The van der Waals surface area contributed by atoms with Gasteiger partial charge in [-0.05, 0) is 67.8 Å². The van der Waals surface area contributed by atoms with Crippen molar-refractivity contribution in [1.29, 1.82) is 0 Å². The Balaban J connectivity index is 1.25. The fraction of sp³-hybridized carbons (Fsp3) is 0.241. The van der Waals surface area contributed by atoms with Gasteiger partial charge in [0, 0.05) is 28.7 Å². The van der Waals surface area contributed by atoms with Gasteiger partial charge in [-0.3, -0.25) is 9.59 Å². The first-order chi connectivity index (χ1) is 19.1. The SMILES string of the molecule is Cc1ccc(NC(=O)c2cccc(C(F)(F)F)c2)cc1N1Cc2cnc(NCc3ccco3)nc2C2(CC2)C1=O. The van der Waals surface area contributed by atoms with E-state index in [0.717, 1.165) is 34.7 Å². The Labute approximate surface area is 227 Å². The molecule has 3 heterocycles. The molecule has 204 valence electrons. The number of benzene rings is 2. The maximum atomic E-state index is 13.8. The summed E-state index contributed by atoms with van der Waals surface area (Å²) >= 11 is 0. The third-order valence-electron chi connectivity index (χ3n) is 7.26. The number of rotatable bonds is 6. The predicted molar refractivity (Wildman–Crippen MR) is 141 cm³/mol. The minimum atomic E-state index is -4.56. The number of furan rings is 1. The van der Waals surface area contributed by atoms with Crippen LogP contribution < -0.4 is 15.5 Å². The van der Waals surface area contributed by atoms with E-state index >= 15 is 0 Å². The third kappa shape index (κ3) is 4.67. The second-order valence-corrected chi connectivity index (χ2v) is 10.0. The van der Waals surface area contributed by atoms with E-state index in [4.69, 9.17) is 9.40 Å². The van der Waals surface area contributed by atoms with Gasteiger partial charge in [0.2, 0.25) is 11.9 Å². The Morgan fingerprint density at radius 1 is 1.12 bits per heavy atom. The fourth-order valence-electron chi connectivity index (χ4n) is 4.99. The average Bonchev–Trinajstić information content (AvgIpc) is 3.56. The molecule has 0 unspecified atom stereocenters. The van der Waals surface area contributed by atoms with Crippen molar-refractivity contribution < 1.29 is 27.2 Å². The molecule has 0 bridgehead atoms. The van der Waals surface area contributed by atoms with Crippen LogP contribution in [0.5, 0.6) is 0 Å². The number of nitrogens with zero attached hydrogens (tertiary/aromatic N) is 3. The lowest BCUT2D eigenvalue weighted by atomic mass is 9.91. The topological polar surface area (TPSA) is 100 Å². The summed E-state index contributed by atoms with van der Waals surface area (Å²) in [5, 5.41) is 5.80. The van der Waals surface area contributed by atoms with Gasteiger partial charge in [-0.25, -0.2) is 9.97 Å². The molecular formula is C29H24F3N5O3. The number of aromatic nitrogens is 2. The van der Waals surface area contributed by atoms with Gasteiger partial charge in [0.15, 0.2) is 0 Å². The van der Waals surface area contributed by atoms with E-state index in [1.165, 1.54) is 12.1 Å². The van der Waals surface area contributed by atoms with Crippen LogP contribution >= 0.6 is 0 Å². The average molecular weight is 548 g/mol. The normalized spacial score (nSPS) is 15.6. The standard InChI is InChI=1S/C29H24F3N5O3/c1-17-7-8-21(35-25(38)18-4-2-5-20(12-18)29(30,31)32)13-23(17)37-16-19-14-33-27(34-15-22-6-3-11-40-22)36-24(19)28(9-10-28)26(37)39/h2-8,11-14H,9-10,15-16H2,1H3,(H,35,38)(H,33,34,36). The summed E-state index contributed by atoms with van der Waals surface area (Å²) in [5.41, 5.74) is 1.56. The molecule has 1 fully saturated rings.